The first kappa shape index (κ1) is 15.0. The molecule has 1 fully saturated rings. The summed E-state index contributed by atoms with van der Waals surface area (Å²) in [7, 11) is 0. The molecule has 0 bridgehead atoms. The van der Waals surface area contributed by atoms with Crippen molar-refractivity contribution in [2.24, 2.45) is 0 Å². The van der Waals surface area contributed by atoms with Gasteiger partial charge >= 0.3 is 11.8 Å². The third-order valence-electron chi connectivity index (χ3n) is 3.29. The Morgan fingerprint density at radius 1 is 1.10 bits per heavy atom. The van der Waals surface area contributed by atoms with Gasteiger partial charge in [-0.2, -0.15) is 0 Å². The van der Waals surface area contributed by atoms with Crippen LogP contribution >= 0.6 is 15.9 Å². The molecule has 5 nitrogen and oxygen atoms in total. The average molecular weight is 340 g/mol. The van der Waals surface area contributed by atoms with E-state index in [0.717, 1.165) is 25.7 Å². The van der Waals surface area contributed by atoms with Crippen LogP contribution in [-0.4, -0.2) is 34.8 Å². The van der Waals surface area contributed by atoms with E-state index in [2.05, 4.69) is 26.2 Å². The molecule has 1 aliphatic heterocycles. The monoisotopic (exact) mass is 339 g/mol. The van der Waals surface area contributed by atoms with Crippen molar-refractivity contribution in [1.29, 1.82) is 0 Å². The van der Waals surface area contributed by atoms with Crippen LogP contribution in [0.5, 0.6) is 0 Å². The number of rotatable bonds is 1. The van der Waals surface area contributed by atoms with Gasteiger partial charge in [0.05, 0.1) is 0 Å². The van der Waals surface area contributed by atoms with E-state index < -0.39 is 11.8 Å². The zero-order chi connectivity index (χ0) is 14.4. The molecular formula is C14H18BrN3O2. The van der Waals surface area contributed by atoms with Gasteiger partial charge in [0.1, 0.15) is 10.4 Å². The van der Waals surface area contributed by atoms with Crippen LogP contribution in [0.15, 0.2) is 22.8 Å². The number of hydrogen-bond acceptors (Lipinski definition) is 3. The third kappa shape index (κ3) is 4.30. The summed E-state index contributed by atoms with van der Waals surface area (Å²) in [6, 6.07) is 5.17. The Labute approximate surface area is 126 Å². The summed E-state index contributed by atoms with van der Waals surface area (Å²) in [4.78, 5) is 29.8. The van der Waals surface area contributed by atoms with E-state index in [1.807, 2.05) is 0 Å². The molecule has 108 valence electrons. The number of likely N-dealkylation sites (tertiary alicyclic amines) is 1. The highest BCUT2D eigenvalue weighted by atomic mass is 79.9. The SMILES string of the molecule is O=C(Nc1cccc(Br)n1)C(=O)N1CCCCCCC1. The second kappa shape index (κ2) is 7.38. The van der Waals surface area contributed by atoms with Gasteiger partial charge in [-0.1, -0.05) is 25.3 Å². The molecule has 0 saturated carbocycles. The molecule has 0 unspecified atom stereocenters. The molecule has 0 spiro atoms. The van der Waals surface area contributed by atoms with E-state index in [1.54, 1.807) is 23.1 Å². The van der Waals surface area contributed by atoms with Crippen LogP contribution in [0.4, 0.5) is 5.82 Å². The molecular weight excluding hydrogens is 322 g/mol. The maximum Gasteiger partial charge on any atom is 0.315 e. The average Bonchev–Trinajstić information content (AvgIpc) is 2.37. The molecule has 1 aromatic heterocycles. The highest BCUT2D eigenvalue weighted by molar-refractivity contribution is 9.10. The number of carbonyl (C=O) groups excluding carboxylic acids is 2. The van der Waals surface area contributed by atoms with Crippen molar-refractivity contribution in [3.8, 4) is 0 Å². The molecule has 0 aromatic carbocycles. The minimum atomic E-state index is -0.615. The summed E-state index contributed by atoms with van der Waals surface area (Å²) >= 11 is 3.23. The quantitative estimate of drug-likeness (QED) is 0.631. The first-order chi connectivity index (χ1) is 9.66. The van der Waals surface area contributed by atoms with Gasteiger partial charge in [0, 0.05) is 13.1 Å². The fraction of sp³-hybridized carbons (Fsp3) is 0.500. The molecule has 6 heteroatoms. The van der Waals surface area contributed by atoms with E-state index in [0.29, 0.717) is 23.5 Å². The number of halogens is 1. The van der Waals surface area contributed by atoms with Crippen LogP contribution < -0.4 is 5.32 Å². The van der Waals surface area contributed by atoms with E-state index in [1.165, 1.54) is 6.42 Å². The molecule has 1 N–H and O–H groups in total. The first-order valence-electron chi connectivity index (χ1n) is 6.89. The largest absolute Gasteiger partial charge is 0.334 e. The number of aromatic nitrogens is 1. The Morgan fingerprint density at radius 2 is 1.75 bits per heavy atom. The molecule has 2 rings (SSSR count). The summed E-state index contributed by atoms with van der Waals surface area (Å²) < 4.78 is 0.619. The second-order valence-electron chi connectivity index (χ2n) is 4.86. The molecule has 1 aromatic rings. The predicted octanol–water partition coefficient (Wildman–Crippen LogP) is 2.58. The van der Waals surface area contributed by atoms with E-state index in [9.17, 15) is 9.59 Å². The summed E-state index contributed by atoms with van der Waals surface area (Å²) in [6.45, 7) is 1.33. The highest BCUT2D eigenvalue weighted by Gasteiger charge is 2.22. The van der Waals surface area contributed by atoms with Crippen molar-refractivity contribution < 1.29 is 9.59 Å². The first-order valence-corrected chi connectivity index (χ1v) is 7.69. The number of nitrogens with zero attached hydrogens (tertiary/aromatic N) is 2. The van der Waals surface area contributed by atoms with Crippen molar-refractivity contribution in [3.05, 3.63) is 22.8 Å². The van der Waals surface area contributed by atoms with Gasteiger partial charge in [0.15, 0.2) is 0 Å². The van der Waals surface area contributed by atoms with Crippen molar-refractivity contribution in [1.82, 2.24) is 9.88 Å². The lowest BCUT2D eigenvalue weighted by Crippen LogP contribution is -2.41. The van der Waals surface area contributed by atoms with Crippen molar-refractivity contribution >= 4 is 33.6 Å². The van der Waals surface area contributed by atoms with E-state index in [4.69, 9.17) is 0 Å². The Kier molecular flexibility index (Phi) is 5.52. The summed E-state index contributed by atoms with van der Waals surface area (Å²) in [5.41, 5.74) is 0. The van der Waals surface area contributed by atoms with Crippen LogP contribution in [0.2, 0.25) is 0 Å². The predicted molar refractivity (Wildman–Crippen MR) is 80.2 cm³/mol. The number of anilines is 1. The van der Waals surface area contributed by atoms with Crippen molar-refractivity contribution in [3.63, 3.8) is 0 Å². The third-order valence-corrected chi connectivity index (χ3v) is 3.74. The lowest BCUT2D eigenvalue weighted by atomic mass is 10.1. The molecule has 2 heterocycles. The topological polar surface area (TPSA) is 62.3 Å². The number of hydrogen-bond donors (Lipinski definition) is 1. The molecule has 20 heavy (non-hydrogen) atoms. The highest BCUT2D eigenvalue weighted by Crippen LogP contribution is 2.12. The van der Waals surface area contributed by atoms with Crippen LogP contribution in [0.25, 0.3) is 0 Å². The maximum absolute atomic E-state index is 12.1. The van der Waals surface area contributed by atoms with Gasteiger partial charge < -0.3 is 10.2 Å². The molecule has 1 saturated heterocycles. The maximum atomic E-state index is 12.1. The normalized spacial score (nSPS) is 16.1. The Hall–Kier alpha value is -1.43. The number of carbonyl (C=O) groups is 2. The summed E-state index contributed by atoms with van der Waals surface area (Å²) in [5.74, 6) is -0.699. The van der Waals surface area contributed by atoms with Gasteiger partial charge in [-0.05, 0) is 40.9 Å². The van der Waals surface area contributed by atoms with Gasteiger partial charge in [0.2, 0.25) is 0 Å². The van der Waals surface area contributed by atoms with E-state index in [-0.39, 0.29) is 0 Å². The second-order valence-corrected chi connectivity index (χ2v) is 5.67. The number of amides is 2. The van der Waals surface area contributed by atoms with Gasteiger partial charge in [-0.15, -0.1) is 0 Å². The van der Waals surface area contributed by atoms with Crippen molar-refractivity contribution in [2.45, 2.75) is 32.1 Å². The minimum absolute atomic E-state index is 0.379. The van der Waals surface area contributed by atoms with Crippen molar-refractivity contribution in [2.75, 3.05) is 18.4 Å². The van der Waals surface area contributed by atoms with Crippen LogP contribution in [0.1, 0.15) is 32.1 Å². The standard InChI is InChI=1S/C14H18BrN3O2/c15-11-7-6-8-12(16-11)17-13(19)14(20)18-9-4-2-1-3-5-10-18/h6-8H,1-5,9-10H2,(H,16,17,19). The Morgan fingerprint density at radius 3 is 2.40 bits per heavy atom. The molecule has 1 aliphatic rings. The Balaban J connectivity index is 1.95. The lowest BCUT2D eigenvalue weighted by Gasteiger charge is -2.23. The van der Waals surface area contributed by atoms with Crippen LogP contribution in [0, 0.1) is 0 Å². The molecule has 0 radical (unpaired) electrons. The molecule has 0 atom stereocenters. The van der Waals surface area contributed by atoms with Crippen LogP contribution in [-0.2, 0) is 9.59 Å². The van der Waals surface area contributed by atoms with E-state index >= 15 is 0 Å². The smallest absolute Gasteiger partial charge is 0.315 e. The Bertz CT molecular complexity index is 485. The fourth-order valence-corrected chi connectivity index (χ4v) is 2.59. The van der Waals surface area contributed by atoms with Gasteiger partial charge in [-0.3, -0.25) is 9.59 Å². The number of pyridine rings is 1. The minimum Gasteiger partial charge on any atom is -0.334 e. The zero-order valence-corrected chi connectivity index (χ0v) is 12.9. The summed E-state index contributed by atoms with van der Waals surface area (Å²) in [6.07, 6.45) is 5.40. The van der Waals surface area contributed by atoms with Gasteiger partial charge in [0.25, 0.3) is 0 Å². The fourth-order valence-electron chi connectivity index (χ4n) is 2.24. The van der Waals surface area contributed by atoms with Crippen LogP contribution in [0.3, 0.4) is 0 Å². The summed E-state index contributed by atoms with van der Waals surface area (Å²) in [5, 5.41) is 2.54. The molecule has 2 amide bonds. The zero-order valence-electron chi connectivity index (χ0n) is 11.3. The number of nitrogens with one attached hydrogen (secondary N) is 1. The lowest BCUT2D eigenvalue weighted by molar-refractivity contribution is -0.143. The molecule has 0 aliphatic carbocycles. The van der Waals surface area contributed by atoms with Gasteiger partial charge in [-0.25, -0.2) is 4.98 Å².